The summed E-state index contributed by atoms with van der Waals surface area (Å²) in [5.41, 5.74) is 0.194. The Morgan fingerprint density at radius 1 is 1.00 bits per heavy atom. The van der Waals surface area contributed by atoms with Crippen molar-refractivity contribution in [1.82, 2.24) is 24.8 Å². The Balaban J connectivity index is 2.02. The number of aromatic nitrogens is 5. The van der Waals surface area contributed by atoms with Gasteiger partial charge in [0.15, 0.2) is 10.8 Å². The van der Waals surface area contributed by atoms with Crippen LogP contribution in [0, 0.1) is 0 Å². The molecule has 3 aromatic rings. The molecule has 31 heavy (non-hydrogen) atoms. The molecule has 0 atom stereocenters. The van der Waals surface area contributed by atoms with Crippen LogP contribution in [0.3, 0.4) is 0 Å². The first-order chi connectivity index (χ1) is 14.3. The number of hydrogen-bond donors (Lipinski definition) is 0. The molecule has 0 spiro atoms. The summed E-state index contributed by atoms with van der Waals surface area (Å²) >= 11 is 5.92. The highest BCUT2D eigenvalue weighted by Gasteiger charge is 2.35. The molecule has 0 N–H and O–H groups in total. The highest BCUT2D eigenvalue weighted by atomic mass is 35.5. The fraction of sp³-hybridized carbons (Fsp3) is 0.400. The third kappa shape index (κ3) is 5.66. The molecule has 0 aliphatic carbocycles. The van der Waals surface area contributed by atoms with Gasteiger partial charge in [-0.05, 0) is 65.3 Å². The Morgan fingerprint density at radius 2 is 1.61 bits per heavy atom. The van der Waals surface area contributed by atoms with Crippen molar-refractivity contribution in [2.45, 2.75) is 52.7 Å². The first-order valence-electron chi connectivity index (χ1n) is 9.43. The summed E-state index contributed by atoms with van der Waals surface area (Å²) in [5.74, 6) is -0.175. The Hall–Kier alpha value is -3.27. The molecule has 0 aromatic carbocycles. The van der Waals surface area contributed by atoms with Crippen molar-refractivity contribution in [2.24, 2.45) is 0 Å². The summed E-state index contributed by atoms with van der Waals surface area (Å²) in [5, 5.41) is 12.1. The molecule has 0 radical (unpaired) electrons. The zero-order valence-electron chi connectivity index (χ0n) is 18.1. The molecule has 0 saturated heterocycles. The third-order valence-corrected chi connectivity index (χ3v) is 3.82. The van der Waals surface area contributed by atoms with Crippen LogP contribution in [0.15, 0.2) is 30.6 Å². The second-order valence-corrected chi connectivity index (χ2v) is 9.08. The first kappa shape index (κ1) is 22.4. The van der Waals surface area contributed by atoms with Crippen molar-refractivity contribution < 1.29 is 19.1 Å². The van der Waals surface area contributed by atoms with Gasteiger partial charge in [-0.15, -0.1) is 15.1 Å². The predicted molar refractivity (Wildman–Crippen MR) is 114 cm³/mol. The zero-order chi connectivity index (χ0) is 23.0. The van der Waals surface area contributed by atoms with E-state index in [1.807, 2.05) is 0 Å². The van der Waals surface area contributed by atoms with Crippen LogP contribution in [0.5, 0.6) is 0 Å². The topological polar surface area (TPSA) is 112 Å². The molecule has 0 fully saturated rings. The van der Waals surface area contributed by atoms with E-state index >= 15 is 0 Å². The molecule has 0 unspecified atom stereocenters. The second-order valence-electron chi connectivity index (χ2n) is 8.69. The van der Waals surface area contributed by atoms with Gasteiger partial charge in [0, 0.05) is 11.8 Å². The quantitative estimate of drug-likeness (QED) is 0.564. The number of pyridine rings is 1. The van der Waals surface area contributed by atoms with Crippen molar-refractivity contribution >= 4 is 35.4 Å². The summed E-state index contributed by atoms with van der Waals surface area (Å²) in [6.45, 7) is 10.1. The lowest BCUT2D eigenvalue weighted by atomic mass is 10.1. The highest BCUT2D eigenvalue weighted by molar-refractivity contribution is 6.29. The lowest BCUT2D eigenvalue weighted by Gasteiger charge is -2.26. The average Bonchev–Trinajstić information content (AvgIpc) is 3.00. The molecule has 3 aromatic heterocycles. The summed E-state index contributed by atoms with van der Waals surface area (Å²) in [6.07, 6.45) is 1.31. The van der Waals surface area contributed by atoms with Crippen molar-refractivity contribution in [2.75, 3.05) is 4.90 Å². The van der Waals surface area contributed by atoms with Crippen LogP contribution >= 0.6 is 11.6 Å². The molecule has 0 saturated carbocycles. The molecular formula is C20H23ClN6O4. The fourth-order valence-corrected chi connectivity index (χ4v) is 2.66. The first-order valence-corrected chi connectivity index (χ1v) is 9.81. The molecule has 164 valence electrons. The molecule has 11 heteroatoms. The van der Waals surface area contributed by atoms with Gasteiger partial charge >= 0.3 is 12.2 Å². The Bertz CT molecular complexity index is 1100. The highest BCUT2D eigenvalue weighted by Crippen LogP contribution is 2.24. The second kappa shape index (κ2) is 8.10. The number of hydrogen-bond acceptors (Lipinski definition) is 8. The van der Waals surface area contributed by atoms with E-state index in [0.29, 0.717) is 10.5 Å². The summed E-state index contributed by atoms with van der Waals surface area (Å²) in [4.78, 5) is 30.6. The van der Waals surface area contributed by atoms with Gasteiger partial charge in [-0.25, -0.2) is 14.1 Å². The smallest absolute Gasteiger partial charge is 0.427 e. The van der Waals surface area contributed by atoms with Gasteiger partial charge in [-0.1, -0.05) is 11.6 Å². The molecule has 3 heterocycles. The number of carbonyl (C=O) groups is 2. The maximum Gasteiger partial charge on any atom is 0.427 e. The van der Waals surface area contributed by atoms with Crippen molar-refractivity contribution in [1.29, 1.82) is 0 Å². The lowest BCUT2D eigenvalue weighted by molar-refractivity contribution is 0.0427. The number of rotatable bonds is 2. The van der Waals surface area contributed by atoms with Gasteiger partial charge in [-0.2, -0.15) is 10.1 Å². The number of nitrogens with zero attached hydrogens (tertiary/aromatic N) is 6. The van der Waals surface area contributed by atoms with Crippen LogP contribution in [0.25, 0.3) is 16.8 Å². The average molecular weight is 447 g/mol. The van der Waals surface area contributed by atoms with Gasteiger partial charge in [-0.3, -0.25) is 0 Å². The number of anilines is 1. The van der Waals surface area contributed by atoms with Crippen molar-refractivity contribution in [3.8, 4) is 11.1 Å². The summed E-state index contributed by atoms with van der Waals surface area (Å²) in [6, 6.07) is 5.14. The number of imide groups is 1. The number of amides is 2. The predicted octanol–water partition coefficient (Wildman–Crippen LogP) is 4.52. The van der Waals surface area contributed by atoms with E-state index in [2.05, 4.69) is 20.3 Å². The van der Waals surface area contributed by atoms with Gasteiger partial charge in [0.25, 0.3) is 5.95 Å². The van der Waals surface area contributed by atoms with E-state index < -0.39 is 23.4 Å². The van der Waals surface area contributed by atoms with E-state index in [-0.39, 0.29) is 11.1 Å². The van der Waals surface area contributed by atoms with E-state index in [9.17, 15) is 9.59 Å². The standard InChI is InChI=1S/C20H23ClN6O4/c1-19(2,3)30-17(28)27(18(29)31-20(4,5)6)16-23-15-10-12(7-8-26(15)25-16)13-9-14(21)24-22-11-13/h7-11H,1-6H3. The molecule has 3 rings (SSSR count). The zero-order valence-corrected chi connectivity index (χ0v) is 18.8. The van der Waals surface area contributed by atoms with Crippen LogP contribution < -0.4 is 4.90 Å². The number of carbonyl (C=O) groups excluding carboxylic acids is 2. The normalized spacial score (nSPS) is 12.0. The monoisotopic (exact) mass is 446 g/mol. The minimum atomic E-state index is -0.942. The van der Waals surface area contributed by atoms with E-state index in [4.69, 9.17) is 21.1 Å². The lowest BCUT2D eigenvalue weighted by Crippen LogP contribution is -2.44. The van der Waals surface area contributed by atoms with Crippen molar-refractivity contribution in [3.05, 3.63) is 35.7 Å². The maximum atomic E-state index is 12.8. The number of halogens is 1. The van der Waals surface area contributed by atoms with Gasteiger partial charge in [0.1, 0.15) is 11.2 Å². The van der Waals surface area contributed by atoms with Gasteiger partial charge < -0.3 is 9.47 Å². The van der Waals surface area contributed by atoms with E-state index in [1.54, 1.807) is 72.1 Å². The SMILES string of the molecule is CC(C)(C)OC(=O)N(C(=O)OC(C)(C)C)c1nc2cc(-c3cnnc(Cl)c3)ccn2n1. The van der Waals surface area contributed by atoms with Crippen LogP contribution in [-0.4, -0.2) is 48.2 Å². The number of fused-ring (bicyclic) bond motifs is 1. The largest absolute Gasteiger partial charge is 0.443 e. The summed E-state index contributed by atoms with van der Waals surface area (Å²) < 4.78 is 12.1. The molecule has 0 aliphatic heterocycles. The van der Waals surface area contributed by atoms with Crippen LogP contribution in [-0.2, 0) is 9.47 Å². The molecular weight excluding hydrogens is 424 g/mol. The van der Waals surface area contributed by atoms with Crippen molar-refractivity contribution in [3.63, 3.8) is 0 Å². The molecule has 2 amide bonds. The number of ether oxygens (including phenoxy) is 2. The summed E-state index contributed by atoms with van der Waals surface area (Å²) in [7, 11) is 0. The fourth-order valence-electron chi connectivity index (χ4n) is 2.50. The Morgan fingerprint density at radius 3 is 2.16 bits per heavy atom. The van der Waals surface area contributed by atoms with Gasteiger partial charge in [0.05, 0.1) is 6.20 Å². The third-order valence-electron chi connectivity index (χ3n) is 3.64. The van der Waals surface area contributed by atoms with Crippen LogP contribution in [0.4, 0.5) is 15.5 Å². The molecule has 10 nitrogen and oxygen atoms in total. The molecule has 0 bridgehead atoms. The van der Waals surface area contributed by atoms with Crippen LogP contribution in [0.2, 0.25) is 5.15 Å². The van der Waals surface area contributed by atoms with E-state index in [0.717, 1.165) is 11.1 Å². The van der Waals surface area contributed by atoms with Gasteiger partial charge in [0.2, 0.25) is 0 Å². The molecule has 0 aliphatic rings. The minimum Gasteiger partial charge on any atom is -0.443 e. The Labute approximate surface area is 184 Å². The Kier molecular flexibility index (Phi) is 5.86. The maximum absolute atomic E-state index is 12.8. The van der Waals surface area contributed by atoms with Crippen LogP contribution in [0.1, 0.15) is 41.5 Å². The minimum absolute atomic E-state index is 0.175. The van der Waals surface area contributed by atoms with E-state index in [1.165, 1.54) is 4.52 Å².